The second-order valence-electron chi connectivity index (χ2n) is 3.60. The fraction of sp³-hybridized carbons (Fsp3) is 0.364. The number of carbonyl (C=O) groups is 1. The van der Waals surface area contributed by atoms with Gasteiger partial charge in [-0.15, -0.1) is 0 Å². The van der Waals surface area contributed by atoms with Gasteiger partial charge in [0.25, 0.3) is 0 Å². The van der Waals surface area contributed by atoms with E-state index in [0.29, 0.717) is 11.3 Å². The Labute approximate surface area is 104 Å². The smallest absolute Gasteiger partial charge is 0.337 e. The van der Waals surface area contributed by atoms with Gasteiger partial charge in [-0.05, 0) is 18.6 Å². The molecule has 0 aliphatic rings. The zero-order valence-corrected chi connectivity index (χ0v) is 10.2. The van der Waals surface area contributed by atoms with Gasteiger partial charge in [0.15, 0.2) is 6.10 Å². The summed E-state index contributed by atoms with van der Waals surface area (Å²) in [6, 6.07) is 3.01. The van der Waals surface area contributed by atoms with Crippen LogP contribution in [0.5, 0.6) is 0 Å². The second kappa shape index (κ2) is 5.35. The van der Waals surface area contributed by atoms with Gasteiger partial charge < -0.3 is 20.7 Å². The van der Waals surface area contributed by atoms with Crippen LogP contribution in [0.4, 0.5) is 5.69 Å². The number of hydrogen-bond acceptors (Lipinski definition) is 5. The van der Waals surface area contributed by atoms with Crippen molar-refractivity contribution in [3.63, 3.8) is 0 Å². The number of hydrogen-bond donors (Lipinski definition) is 3. The Hall–Kier alpha value is -1.30. The molecule has 0 radical (unpaired) electrons. The SMILES string of the molecule is COC(=O)C(O)C(O)c1ccc(N)c(C)c1Cl. The van der Waals surface area contributed by atoms with Crippen molar-refractivity contribution < 1.29 is 19.7 Å². The normalized spacial score (nSPS) is 14.2. The molecule has 94 valence electrons. The Morgan fingerprint density at radius 3 is 2.59 bits per heavy atom. The molecular formula is C11H14ClNO4. The van der Waals surface area contributed by atoms with Gasteiger partial charge in [-0.2, -0.15) is 0 Å². The molecule has 0 saturated carbocycles. The molecule has 0 amide bonds. The van der Waals surface area contributed by atoms with E-state index in [-0.39, 0.29) is 10.6 Å². The largest absolute Gasteiger partial charge is 0.467 e. The van der Waals surface area contributed by atoms with Crippen LogP contribution in [0.1, 0.15) is 17.2 Å². The Kier molecular flexibility index (Phi) is 4.34. The van der Waals surface area contributed by atoms with Crippen LogP contribution in [0.15, 0.2) is 12.1 Å². The van der Waals surface area contributed by atoms with Crippen molar-refractivity contribution in [1.82, 2.24) is 0 Å². The number of anilines is 1. The fourth-order valence-electron chi connectivity index (χ4n) is 1.37. The number of benzene rings is 1. The third-order valence-electron chi connectivity index (χ3n) is 2.52. The first kappa shape index (κ1) is 13.8. The Morgan fingerprint density at radius 1 is 1.47 bits per heavy atom. The first-order valence-electron chi connectivity index (χ1n) is 4.88. The highest BCUT2D eigenvalue weighted by atomic mass is 35.5. The standard InChI is InChI=1S/C11H14ClNO4/c1-5-7(13)4-3-6(8(5)12)9(14)10(15)11(16)17-2/h3-4,9-10,14-15H,13H2,1-2H3. The van der Waals surface area contributed by atoms with Crippen LogP contribution in [-0.4, -0.2) is 29.4 Å². The second-order valence-corrected chi connectivity index (χ2v) is 3.97. The predicted molar refractivity (Wildman–Crippen MR) is 63.6 cm³/mol. The Morgan fingerprint density at radius 2 is 2.06 bits per heavy atom. The maximum Gasteiger partial charge on any atom is 0.337 e. The van der Waals surface area contributed by atoms with Crippen molar-refractivity contribution in [2.75, 3.05) is 12.8 Å². The molecule has 2 atom stereocenters. The maximum absolute atomic E-state index is 11.1. The van der Waals surface area contributed by atoms with Crippen molar-refractivity contribution in [3.05, 3.63) is 28.3 Å². The summed E-state index contributed by atoms with van der Waals surface area (Å²) in [5.41, 5.74) is 6.92. The number of esters is 1. The van der Waals surface area contributed by atoms with Gasteiger partial charge in [-0.1, -0.05) is 17.7 Å². The third kappa shape index (κ3) is 2.69. The zero-order valence-electron chi connectivity index (χ0n) is 9.48. The predicted octanol–water partition coefficient (Wildman–Crippen LogP) is 0.798. The zero-order chi connectivity index (χ0) is 13.2. The Balaban J connectivity index is 3.09. The van der Waals surface area contributed by atoms with Crippen LogP contribution in [0.3, 0.4) is 0 Å². The average molecular weight is 260 g/mol. The molecule has 1 aromatic carbocycles. The summed E-state index contributed by atoms with van der Waals surface area (Å²) in [7, 11) is 1.12. The van der Waals surface area contributed by atoms with E-state index >= 15 is 0 Å². The van der Waals surface area contributed by atoms with Crippen molar-refractivity contribution in [2.45, 2.75) is 19.1 Å². The topological polar surface area (TPSA) is 92.8 Å². The van der Waals surface area contributed by atoms with Crippen LogP contribution in [-0.2, 0) is 9.53 Å². The molecule has 17 heavy (non-hydrogen) atoms. The lowest BCUT2D eigenvalue weighted by Crippen LogP contribution is -2.29. The number of aliphatic hydroxyl groups is 2. The molecule has 0 aromatic heterocycles. The number of nitrogen functional groups attached to an aromatic ring is 1. The van der Waals surface area contributed by atoms with Crippen LogP contribution >= 0.6 is 11.6 Å². The summed E-state index contributed by atoms with van der Waals surface area (Å²) in [6.45, 7) is 1.68. The lowest BCUT2D eigenvalue weighted by atomic mass is 10.0. The summed E-state index contributed by atoms with van der Waals surface area (Å²) in [5.74, 6) is -0.928. The molecule has 0 saturated heterocycles. The molecule has 0 heterocycles. The van der Waals surface area contributed by atoms with E-state index in [9.17, 15) is 15.0 Å². The van der Waals surface area contributed by atoms with Crippen molar-refractivity contribution in [3.8, 4) is 0 Å². The number of carbonyl (C=O) groups excluding carboxylic acids is 1. The van der Waals surface area contributed by atoms with Gasteiger partial charge in [0.05, 0.1) is 12.1 Å². The van der Waals surface area contributed by atoms with Gasteiger partial charge in [0, 0.05) is 11.3 Å². The number of ether oxygens (including phenoxy) is 1. The lowest BCUT2D eigenvalue weighted by molar-refractivity contribution is -0.156. The Bertz CT molecular complexity index is 436. The molecule has 0 spiro atoms. The van der Waals surface area contributed by atoms with E-state index in [1.807, 2.05) is 0 Å². The highest BCUT2D eigenvalue weighted by Gasteiger charge is 2.28. The van der Waals surface area contributed by atoms with Crippen LogP contribution in [0.2, 0.25) is 5.02 Å². The maximum atomic E-state index is 11.1. The first-order chi connectivity index (χ1) is 7.90. The number of rotatable bonds is 3. The average Bonchev–Trinajstić information content (AvgIpc) is 2.33. The van der Waals surface area contributed by atoms with Crippen LogP contribution in [0, 0.1) is 6.92 Å². The van der Waals surface area contributed by atoms with Crippen molar-refractivity contribution in [1.29, 1.82) is 0 Å². The highest BCUT2D eigenvalue weighted by Crippen LogP contribution is 2.31. The molecule has 1 aromatic rings. The quantitative estimate of drug-likeness (QED) is 0.551. The first-order valence-corrected chi connectivity index (χ1v) is 5.26. The van der Waals surface area contributed by atoms with E-state index in [0.717, 1.165) is 7.11 Å². The highest BCUT2D eigenvalue weighted by molar-refractivity contribution is 6.32. The molecule has 0 aliphatic heterocycles. The number of halogens is 1. The van der Waals surface area contributed by atoms with Gasteiger partial charge in [-0.3, -0.25) is 0 Å². The van der Waals surface area contributed by atoms with Gasteiger partial charge in [0.1, 0.15) is 6.10 Å². The third-order valence-corrected chi connectivity index (χ3v) is 3.02. The molecule has 6 heteroatoms. The summed E-state index contributed by atoms with van der Waals surface area (Å²) in [6.07, 6.45) is -3.13. The van der Waals surface area contributed by atoms with E-state index in [1.54, 1.807) is 13.0 Å². The lowest BCUT2D eigenvalue weighted by Gasteiger charge is -2.18. The van der Waals surface area contributed by atoms with Crippen molar-refractivity contribution >= 4 is 23.3 Å². The minimum absolute atomic E-state index is 0.223. The van der Waals surface area contributed by atoms with Crippen LogP contribution in [0.25, 0.3) is 0 Å². The molecule has 5 nitrogen and oxygen atoms in total. The minimum Gasteiger partial charge on any atom is -0.467 e. The summed E-state index contributed by atoms with van der Waals surface area (Å²) < 4.78 is 4.33. The minimum atomic E-state index is -1.68. The van der Waals surface area contributed by atoms with E-state index in [1.165, 1.54) is 6.07 Å². The summed E-state index contributed by atoms with van der Waals surface area (Å²) >= 11 is 5.98. The van der Waals surface area contributed by atoms with Gasteiger partial charge in [0.2, 0.25) is 0 Å². The fourth-order valence-corrected chi connectivity index (χ4v) is 1.65. The number of methoxy groups -OCH3 is 1. The van der Waals surface area contributed by atoms with Gasteiger partial charge in [-0.25, -0.2) is 4.79 Å². The van der Waals surface area contributed by atoms with E-state index in [4.69, 9.17) is 17.3 Å². The molecule has 2 unspecified atom stereocenters. The van der Waals surface area contributed by atoms with Crippen molar-refractivity contribution in [2.24, 2.45) is 0 Å². The molecular weight excluding hydrogens is 246 g/mol. The summed E-state index contributed by atoms with van der Waals surface area (Å²) in [5, 5.41) is 19.5. The monoisotopic (exact) mass is 259 g/mol. The number of nitrogens with two attached hydrogens (primary N) is 1. The molecule has 0 fully saturated rings. The van der Waals surface area contributed by atoms with E-state index < -0.39 is 18.2 Å². The van der Waals surface area contributed by atoms with E-state index in [2.05, 4.69) is 4.74 Å². The van der Waals surface area contributed by atoms with Crippen LogP contribution < -0.4 is 5.73 Å². The molecule has 1 rings (SSSR count). The molecule has 0 aliphatic carbocycles. The molecule has 0 bridgehead atoms. The molecule has 4 N–H and O–H groups in total. The van der Waals surface area contributed by atoms with Gasteiger partial charge >= 0.3 is 5.97 Å². The summed E-state index contributed by atoms with van der Waals surface area (Å²) in [4.78, 5) is 11.1. The number of aliphatic hydroxyl groups excluding tert-OH is 2.